The highest BCUT2D eigenvalue weighted by Crippen LogP contribution is 2.39. The second kappa shape index (κ2) is 7.46. The Hall–Kier alpha value is -1.56. The lowest BCUT2D eigenvalue weighted by Crippen LogP contribution is -2.35. The number of hydrogen-bond acceptors (Lipinski definition) is 4. The number of benzene rings is 1. The van der Waals surface area contributed by atoms with E-state index in [9.17, 15) is 18.3 Å². The Kier molecular flexibility index (Phi) is 6.00. The Morgan fingerprint density at radius 3 is 2.04 bits per heavy atom. The maximum atomic E-state index is 12.3. The zero-order valence-electron chi connectivity index (χ0n) is 17.3. The second-order valence-corrected chi connectivity index (χ2v) is 11.9. The molecule has 0 spiro atoms. The van der Waals surface area contributed by atoms with Gasteiger partial charge in [-0.3, -0.25) is 4.79 Å². The largest absolute Gasteiger partial charge is 0.507 e. The van der Waals surface area contributed by atoms with Crippen molar-refractivity contribution in [1.29, 1.82) is 0 Å². The van der Waals surface area contributed by atoms with Gasteiger partial charge in [0.25, 0.3) is 0 Å². The molecule has 1 aliphatic heterocycles. The third-order valence-corrected chi connectivity index (χ3v) is 6.79. The van der Waals surface area contributed by atoms with Gasteiger partial charge in [-0.25, -0.2) is 8.42 Å². The fraction of sp³-hybridized carbons (Fsp3) is 0.667. The molecule has 0 radical (unpaired) electrons. The number of rotatable bonds is 4. The summed E-state index contributed by atoms with van der Waals surface area (Å²) in [5.41, 5.74) is 2.36. The van der Waals surface area contributed by atoms with Gasteiger partial charge in [-0.05, 0) is 40.4 Å². The number of sulfone groups is 1. The number of hydrogen-bond donors (Lipinski definition) is 2. The third kappa shape index (κ3) is 5.71. The summed E-state index contributed by atoms with van der Waals surface area (Å²) in [5.74, 6) is 0.402. The molecule has 1 amide bonds. The van der Waals surface area contributed by atoms with Gasteiger partial charge in [0, 0.05) is 12.5 Å². The Labute approximate surface area is 163 Å². The third-order valence-electron chi connectivity index (χ3n) is 5.02. The smallest absolute Gasteiger partial charge is 0.220 e. The van der Waals surface area contributed by atoms with Crippen LogP contribution >= 0.6 is 0 Å². The number of aryl methyl sites for hydroxylation is 1. The standard InChI is InChI=1S/C21H33NO4S/c1-20(2,3)16-11-14(12-17(19(16)24)21(4,5)6)7-8-18(23)22-15-9-10-27(25,26)13-15/h11-12,15,24H,7-10,13H2,1-6H3,(H,22,23)/t15-/m0/s1. The zero-order chi connectivity index (χ0) is 20.6. The molecule has 1 aromatic carbocycles. The average molecular weight is 396 g/mol. The fourth-order valence-electron chi connectivity index (χ4n) is 3.45. The van der Waals surface area contributed by atoms with Crippen molar-refractivity contribution in [1.82, 2.24) is 5.32 Å². The molecule has 6 heteroatoms. The number of carbonyl (C=O) groups excluding carboxylic acids is 1. The molecule has 152 valence electrons. The van der Waals surface area contributed by atoms with E-state index in [1.807, 2.05) is 12.1 Å². The maximum absolute atomic E-state index is 12.3. The van der Waals surface area contributed by atoms with Crippen molar-refractivity contribution in [2.75, 3.05) is 11.5 Å². The van der Waals surface area contributed by atoms with Crippen molar-refractivity contribution < 1.29 is 18.3 Å². The lowest BCUT2D eigenvalue weighted by atomic mass is 9.78. The Morgan fingerprint density at radius 2 is 1.63 bits per heavy atom. The van der Waals surface area contributed by atoms with Gasteiger partial charge in [0.05, 0.1) is 11.5 Å². The molecule has 1 atom stereocenters. The molecule has 27 heavy (non-hydrogen) atoms. The van der Waals surface area contributed by atoms with E-state index in [1.54, 1.807) is 0 Å². The summed E-state index contributed by atoms with van der Waals surface area (Å²) < 4.78 is 23.0. The zero-order valence-corrected chi connectivity index (χ0v) is 18.2. The van der Waals surface area contributed by atoms with Crippen molar-refractivity contribution in [3.05, 3.63) is 28.8 Å². The predicted molar refractivity (Wildman–Crippen MR) is 109 cm³/mol. The van der Waals surface area contributed by atoms with Crippen molar-refractivity contribution in [2.24, 2.45) is 0 Å². The van der Waals surface area contributed by atoms with Crippen LogP contribution in [0.4, 0.5) is 0 Å². The van der Waals surface area contributed by atoms with Gasteiger partial charge < -0.3 is 10.4 Å². The van der Waals surface area contributed by atoms with Gasteiger partial charge in [0.1, 0.15) is 5.75 Å². The summed E-state index contributed by atoms with van der Waals surface area (Å²) in [6.07, 6.45) is 1.35. The molecule has 0 aromatic heterocycles. The van der Waals surface area contributed by atoms with E-state index in [-0.39, 0.29) is 34.3 Å². The average Bonchev–Trinajstić information content (AvgIpc) is 2.82. The molecular formula is C21H33NO4S. The van der Waals surface area contributed by atoms with E-state index in [4.69, 9.17) is 0 Å². The number of amides is 1. The normalized spacial score (nSPS) is 19.9. The molecule has 1 heterocycles. The fourth-order valence-corrected chi connectivity index (χ4v) is 5.12. The highest BCUT2D eigenvalue weighted by Gasteiger charge is 2.29. The van der Waals surface area contributed by atoms with Gasteiger partial charge in [-0.2, -0.15) is 0 Å². The van der Waals surface area contributed by atoms with E-state index in [0.29, 0.717) is 25.0 Å². The van der Waals surface area contributed by atoms with Crippen molar-refractivity contribution >= 4 is 15.7 Å². The minimum absolute atomic E-state index is 0.0420. The number of phenols is 1. The first-order chi connectivity index (χ1) is 12.2. The van der Waals surface area contributed by atoms with E-state index >= 15 is 0 Å². The summed E-state index contributed by atoms with van der Waals surface area (Å²) >= 11 is 0. The van der Waals surface area contributed by atoms with E-state index in [1.165, 1.54) is 0 Å². The molecule has 1 saturated heterocycles. The number of aromatic hydroxyl groups is 1. The summed E-state index contributed by atoms with van der Waals surface area (Å²) in [5, 5.41) is 13.6. The van der Waals surface area contributed by atoms with Crippen LogP contribution in [0.5, 0.6) is 5.75 Å². The van der Waals surface area contributed by atoms with Crippen LogP contribution < -0.4 is 5.32 Å². The Morgan fingerprint density at radius 1 is 1.11 bits per heavy atom. The van der Waals surface area contributed by atoms with Crippen LogP contribution in [0.2, 0.25) is 0 Å². The van der Waals surface area contributed by atoms with Crippen LogP contribution in [-0.2, 0) is 31.9 Å². The number of nitrogens with one attached hydrogen (secondary N) is 1. The lowest BCUT2D eigenvalue weighted by Gasteiger charge is -2.28. The highest BCUT2D eigenvalue weighted by atomic mass is 32.2. The van der Waals surface area contributed by atoms with Crippen LogP contribution in [0, 0.1) is 0 Å². The van der Waals surface area contributed by atoms with Gasteiger partial charge in [-0.15, -0.1) is 0 Å². The first-order valence-corrected chi connectivity index (χ1v) is 11.4. The summed E-state index contributed by atoms with van der Waals surface area (Å²) in [6.45, 7) is 12.4. The van der Waals surface area contributed by atoms with Crippen molar-refractivity contribution in [3.63, 3.8) is 0 Å². The van der Waals surface area contributed by atoms with E-state index < -0.39 is 9.84 Å². The SMILES string of the molecule is CC(C)(C)c1cc(CCC(=O)N[C@H]2CCS(=O)(=O)C2)cc(C(C)(C)C)c1O. The van der Waals surface area contributed by atoms with Gasteiger partial charge in [0.15, 0.2) is 9.84 Å². The first-order valence-electron chi connectivity index (χ1n) is 9.56. The lowest BCUT2D eigenvalue weighted by molar-refractivity contribution is -0.121. The first kappa shape index (κ1) is 21.7. The number of carbonyl (C=O) groups is 1. The Balaban J connectivity index is 2.15. The van der Waals surface area contributed by atoms with Crippen LogP contribution in [-0.4, -0.2) is 37.0 Å². The van der Waals surface area contributed by atoms with Crippen molar-refractivity contribution in [2.45, 2.75) is 77.7 Å². The quantitative estimate of drug-likeness (QED) is 0.820. The predicted octanol–water partition coefficient (Wildman–Crippen LogP) is 3.22. The molecule has 5 nitrogen and oxygen atoms in total. The molecule has 2 N–H and O–H groups in total. The second-order valence-electron chi connectivity index (χ2n) is 9.71. The van der Waals surface area contributed by atoms with Gasteiger partial charge in [0.2, 0.25) is 5.91 Å². The molecule has 1 aromatic rings. The maximum Gasteiger partial charge on any atom is 0.220 e. The number of phenolic OH excluding ortho intramolecular Hbond substituents is 1. The van der Waals surface area contributed by atoms with Crippen LogP contribution in [0.1, 0.15) is 71.1 Å². The molecule has 0 aliphatic carbocycles. The molecule has 0 unspecified atom stereocenters. The summed E-state index contributed by atoms with van der Waals surface area (Å²) in [7, 11) is -3.00. The molecule has 1 aliphatic rings. The van der Waals surface area contributed by atoms with Gasteiger partial charge >= 0.3 is 0 Å². The van der Waals surface area contributed by atoms with E-state index in [2.05, 4.69) is 46.9 Å². The molecule has 0 saturated carbocycles. The summed E-state index contributed by atoms with van der Waals surface area (Å²) in [4.78, 5) is 12.3. The molecule has 0 bridgehead atoms. The Bertz CT molecular complexity index is 779. The topological polar surface area (TPSA) is 83.5 Å². The van der Waals surface area contributed by atoms with Crippen molar-refractivity contribution in [3.8, 4) is 5.75 Å². The van der Waals surface area contributed by atoms with Crippen LogP contribution in [0.3, 0.4) is 0 Å². The van der Waals surface area contributed by atoms with E-state index in [0.717, 1.165) is 16.7 Å². The minimum atomic E-state index is -3.00. The highest BCUT2D eigenvalue weighted by molar-refractivity contribution is 7.91. The van der Waals surface area contributed by atoms with Crippen LogP contribution in [0.25, 0.3) is 0 Å². The molecular weight excluding hydrogens is 362 g/mol. The monoisotopic (exact) mass is 395 g/mol. The summed E-state index contributed by atoms with van der Waals surface area (Å²) in [6, 6.07) is 3.70. The van der Waals surface area contributed by atoms with Crippen LogP contribution in [0.15, 0.2) is 12.1 Å². The van der Waals surface area contributed by atoms with Gasteiger partial charge in [-0.1, -0.05) is 53.7 Å². The molecule has 2 rings (SSSR count). The molecule has 1 fully saturated rings. The minimum Gasteiger partial charge on any atom is -0.507 e.